The molecule has 0 aliphatic rings. The minimum absolute atomic E-state index is 0.368. The zero-order chi connectivity index (χ0) is 81.4. The Kier molecular flexibility index (Phi) is 75.6. The minimum Gasteiger partial charge on any atom is -0.490 e. The Morgan fingerprint density at radius 1 is 0.158 bits per heavy atom. The van der Waals surface area contributed by atoms with Crippen LogP contribution >= 0.6 is 45.2 Å². The largest absolute Gasteiger partial charge is 0.490 e. The van der Waals surface area contributed by atoms with E-state index in [0.29, 0.717) is 52.9 Å². The normalized spacial score (nSPS) is 11.5. The van der Waals surface area contributed by atoms with Crippen molar-refractivity contribution in [1.82, 2.24) is 0 Å². The molecule has 0 aliphatic heterocycles. The Morgan fingerprint density at radius 2 is 0.298 bits per heavy atom. The van der Waals surface area contributed by atoms with Crippen molar-refractivity contribution in [2.75, 3.05) is 39.6 Å². The van der Waals surface area contributed by atoms with Gasteiger partial charge in [-0.2, -0.15) is 0 Å². The van der Waals surface area contributed by atoms with E-state index in [4.69, 9.17) is 37.9 Å². The van der Waals surface area contributed by atoms with Crippen molar-refractivity contribution in [2.45, 2.75) is 517 Å². The Bertz CT molecular complexity index is 2260. The monoisotopic (exact) mass is 1820 g/mol. The van der Waals surface area contributed by atoms with Crippen molar-refractivity contribution in [1.29, 1.82) is 0 Å². The van der Waals surface area contributed by atoms with Crippen molar-refractivity contribution in [2.24, 2.45) is 0 Å². The molecule has 3 aromatic rings. The van der Waals surface area contributed by atoms with Crippen molar-refractivity contribution >= 4 is 45.2 Å². The van der Waals surface area contributed by atoms with Crippen molar-refractivity contribution in [3.63, 3.8) is 0 Å². The topological polar surface area (TPSA) is 73.8 Å². The van der Waals surface area contributed by atoms with Crippen molar-refractivity contribution < 1.29 is 37.9 Å². The van der Waals surface area contributed by atoms with Crippen molar-refractivity contribution in [3.8, 4) is 46.0 Å². The van der Waals surface area contributed by atoms with Gasteiger partial charge in [0.15, 0.2) is 23.0 Å². The third kappa shape index (κ3) is 60.9. The molecule has 10 heteroatoms. The molecule has 0 spiro atoms. The summed E-state index contributed by atoms with van der Waals surface area (Å²) < 4.78 is 56.8. The minimum atomic E-state index is 0.368. The van der Waals surface area contributed by atoms with Gasteiger partial charge in [-0.15, -0.1) is 0 Å². The molecule has 3 aromatic carbocycles. The maximum atomic E-state index is 6.86. The van der Waals surface area contributed by atoms with Crippen LogP contribution in [0.3, 0.4) is 0 Å². The van der Waals surface area contributed by atoms with Crippen LogP contribution in [0, 0.1) is 7.14 Å². The van der Waals surface area contributed by atoms with E-state index in [0.717, 1.165) is 103 Å². The highest BCUT2D eigenvalue weighted by molar-refractivity contribution is 14.1. The molecule has 8 nitrogen and oxygen atoms in total. The first-order valence-corrected chi connectivity index (χ1v) is 52.4. The Labute approximate surface area is 734 Å². The predicted molar refractivity (Wildman–Crippen MR) is 513 cm³/mol. The molecule has 662 valence electrons. The van der Waals surface area contributed by atoms with E-state index >= 15 is 0 Å². The highest BCUT2D eigenvalue weighted by Gasteiger charge is 2.21. The number of hydrogen-bond acceptors (Lipinski definition) is 8. The lowest BCUT2D eigenvalue weighted by atomic mass is 10.1. The summed E-state index contributed by atoms with van der Waals surface area (Å²) in [5.41, 5.74) is 2.03. The van der Waals surface area contributed by atoms with Crippen molar-refractivity contribution in [3.05, 3.63) is 54.7 Å². The molecule has 0 saturated heterocycles. The smallest absolute Gasteiger partial charge is 0.203 e. The third-order valence-electron chi connectivity index (χ3n) is 23.4. The molecule has 0 N–H and O–H groups in total. The zero-order valence-electron chi connectivity index (χ0n) is 76.1. The first kappa shape index (κ1) is 106. The summed E-state index contributed by atoms with van der Waals surface area (Å²) in [6, 6.07) is 13.0. The van der Waals surface area contributed by atoms with Gasteiger partial charge in [-0.3, -0.25) is 0 Å². The second-order valence-corrected chi connectivity index (χ2v) is 36.9. The van der Waals surface area contributed by atoms with Gasteiger partial charge in [-0.05, 0) is 131 Å². The highest BCUT2D eigenvalue weighted by atomic mass is 127. The molecule has 0 aromatic heterocycles. The third-order valence-corrected chi connectivity index (χ3v) is 25.1. The summed E-state index contributed by atoms with van der Waals surface area (Å²) in [5.74, 6) is 6.31. The highest BCUT2D eigenvalue weighted by Crippen LogP contribution is 2.43. The molecule has 0 bridgehead atoms. The molecule has 114 heavy (non-hydrogen) atoms. The predicted octanol–water partition coefficient (Wildman–Crippen LogP) is 36.5. The number of unbranched alkanes of at least 4 members (excludes halogenated alkanes) is 66. The van der Waals surface area contributed by atoms with E-state index in [1.165, 1.54) is 424 Å². The van der Waals surface area contributed by atoms with Gasteiger partial charge in [0.2, 0.25) is 11.5 Å². The van der Waals surface area contributed by atoms with Crippen LogP contribution < -0.4 is 37.9 Å². The van der Waals surface area contributed by atoms with Gasteiger partial charge in [-0.1, -0.05) is 465 Å². The maximum Gasteiger partial charge on any atom is 0.203 e. The Morgan fingerprint density at radius 3 is 0.456 bits per heavy atom. The average Bonchev–Trinajstić information content (AvgIpc) is 0.825. The van der Waals surface area contributed by atoms with E-state index in [2.05, 4.69) is 123 Å². The second kappa shape index (κ2) is 81.5. The van der Waals surface area contributed by atoms with Crippen LogP contribution in [-0.4, -0.2) is 39.6 Å². The van der Waals surface area contributed by atoms with Gasteiger partial charge in [-0.25, -0.2) is 0 Å². The Balaban J connectivity index is 1.87. The second-order valence-electron chi connectivity index (χ2n) is 34.6. The van der Waals surface area contributed by atoms with E-state index in [-0.39, 0.29) is 0 Å². The standard InChI is InChI=1S/C104H184I2O8/c1-7-13-19-25-31-37-43-49-55-61-67-73-79-107-99-85-93(86-100(108-80-74-68-62-56-50-44-38-32-26-20-14-8-2)103(99)111-83-77-71-65-59-53-47-41-35-29-23-17-11-5)91-113-97-89-96(106)98(90-95(97)105)114-92-94-87-101(109-81-75-69-63-57-51-45-39-33-27-21-15-9-3)104(112-84-78-72-66-60-54-48-42-36-30-24-18-12-6)102(88-94)110-82-76-70-64-58-52-46-40-34-28-22-16-10-4/h85-90H,7-84,91-92H2,1-6H3. The lowest BCUT2D eigenvalue weighted by Gasteiger charge is -2.20. The zero-order valence-corrected chi connectivity index (χ0v) is 80.4. The van der Waals surface area contributed by atoms with E-state index in [1.807, 2.05) is 0 Å². The molecule has 0 fully saturated rings. The van der Waals surface area contributed by atoms with E-state index < -0.39 is 0 Å². The van der Waals surface area contributed by atoms with Crippen LogP contribution in [0.15, 0.2) is 36.4 Å². The molecule has 3 rings (SSSR count). The van der Waals surface area contributed by atoms with E-state index in [1.54, 1.807) is 0 Å². The molecule has 0 atom stereocenters. The van der Waals surface area contributed by atoms with Crippen LogP contribution in [0.1, 0.15) is 515 Å². The number of ether oxygens (including phenoxy) is 8. The van der Waals surface area contributed by atoms with Crippen LogP contribution in [-0.2, 0) is 13.2 Å². The summed E-state index contributed by atoms with van der Waals surface area (Å²) in [7, 11) is 0. The Hall–Kier alpha value is -2.48. The number of rotatable bonds is 90. The van der Waals surface area contributed by atoms with Gasteiger partial charge < -0.3 is 37.9 Å². The van der Waals surface area contributed by atoms with Gasteiger partial charge in [0.25, 0.3) is 0 Å². The molecule has 0 aliphatic carbocycles. The van der Waals surface area contributed by atoms with Crippen LogP contribution in [0.2, 0.25) is 0 Å². The molecule has 0 unspecified atom stereocenters. The molecule has 0 amide bonds. The number of benzene rings is 3. The number of hydrogen-bond donors (Lipinski definition) is 0. The average molecular weight is 1820 g/mol. The molecular formula is C104H184I2O8. The SMILES string of the molecule is CCCCCCCCCCCCCCOc1cc(COc2cc(I)c(OCc3cc(OCCCCCCCCCCCCCC)c(OCCCCCCCCCCCCCC)c(OCCCCCCCCCCCCCC)c3)cc2I)cc(OCCCCCCCCCCCCCC)c1OCCCCCCCCCCCCCC. The summed E-state index contributed by atoms with van der Waals surface area (Å²) >= 11 is 4.87. The molecular weight excluding hydrogens is 1630 g/mol. The fourth-order valence-corrected chi connectivity index (χ4v) is 17.1. The number of halogens is 2. The summed E-state index contributed by atoms with van der Waals surface area (Å²) in [4.78, 5) is 0. The molecule has 0 saturated carbocycles. The van der Waals surface area contributed by atoms with Gasteiger partial charge in [0.05, 0.1) is 46.8 Å². The summed E-state index contributed by atoms with van der Waals surface area (Å²) in [6.45, 7) is 18.5. The van der Waals surface area contributed by atoms with Crippen LogP contribution in [0.4, 0.5) is 0 Å². The fourth-order valence-electron chi connectivity index (χ4n) is 15.9. The van der Waals surface area contributed by atoms with Gasteiger partial charge in [0.1, 0.15) is 24.7 Å². The first-order valence-electron chi connectivity index (χ1n) is 50.2. The van der Waals surface area contributed by atoms with Gasteiger partial charge in [0, 0.05) is 0 Å². The quantitative estimate of drug-likeness (QED) is 0.0409. The fraction of sp³-hybridized carbons (Fsp3) is 0.827. The summed E-state index contributed by atoms with van der Waals surface area (Å²) in [5, 5.41) is 0. The maximum absolute atomic E-state index is 6.86. The lowest BCUT2D eigenvalue weighted by Crippen LogP contribution is -2.08. The summed E-state index contributed by atoms with van der Waals surface area (Å²) in [6.07, 6.45) is 94.7. The van der Waals surface area contributed by atoms with Crippen LogP contribution in [0.25, 0.3) is 0 Å². The van der Waals surface area contributed by atoms with E-state index in [9.17, 15) is 0 Å². The van der Waals surface area contributed by atoms with Gasteiger partial charge >= 0.3 is 0 Å². The molecule has 0 radical (unpaired) electrons. The first-order chi connectivity index (χ1) is 56.4. The molecule has 0 heterocycles. The van der Waals surface area contributed by atoms with Crippen LogP contribution in [0.5, 0.6) is 46.0 Å². The lowest BCUT2D eigenvalue weighted by molar-refractivity contribution is 0.232.